The standard InChI is InChI=1S/C14H23NO4S2/c1-8-9(7-10(16)17)20-12(15-8)21-14(5,6)11(18)19-13(2,3)4/h11,18H,7H2,1-6H3,(H,16,17). The van der Waals surface area contributed by atoms with Crippen LogP contribution in [0, 0.1) is 6.92 Å². The van der Waals surface area contributed by atoms with Crippen molar-refractivity contribution in [3.8, 4) is 0 Å². The summed E-state index contributed by atoms with van der Waals surface area (Å²) in [6, 6.07) is 0. The summed E-state index contributed by atoms with van der Waals surface area (Å²) in [5, 5.41) is 19.1. The molecule has 0 radical (unpaired) electrons. The van der Waals surface area contributed by atoms with Gasteiger partial charge in [-0.2, -0.15) is 0 Å². The van der Waals surface area contributed by atoms with Crippen molar-refractivity contribution < 1.29 is 19.7 Å². The molecule has 0 saturated carbocycles. The quantitative estimate of drug-likeness (QED) is 0.615. The first-order chi connectivity index (χ1) is 9.40. The Kier molecular flexibility index (Phi) is 5.83. The Bertz CT molecular complexity index is 506. The number of hydrogen-bond acceptors (Lipinski definition) is 6. The van der Waals surface area contributed by atoms with Crippen LogP contribution in [0.3, 0.4) is 0 Å². The summed E-state index contributed by atoms with van der Waals surface area (Å²) in [7, 11) is 0. The molecule has 1 aromatic heterocycles. The number of thioether (sulfide) groups is 1. The zero-order valence-electron chi connectivity index (χ0n) is 13.3. The lowest BCUT2D eigenvalue weighted by atomic mass is 10.1. The van der Waals surface area contributed by atoms with E-state index in [9.17, 15) is 9.90 Å². The first-order valence-electron chi connectivity index (χ1n) is 6.64. The van der Waals surface area contributed by atoms with Crippen molar-refractivity contribution in [2.75, 3.05) is 0 Å². The Morgan fingerprint density at radius 2 is 1.95 bits per heavy atom. The molecule has 1 rings (SSSR count). The van der Waals surface area contributed by atoms with E-state index in [2.05, 4.69) is 4.98 Å². The van der Waals surface area contributed by atoms with E-state index < -0.39 is 22.6 Å². The van der Waals surface area contributed by atoms with Crippen molar-refractivity contribution in [1.82, 2.24) is 4.98 Å². The fraction of sp³-hybridized carbons (Fsp3) is 0.714. The van der Waals surface area contributed by atoms with E-state index in [1.54, 1.807) is 6.92 Å². The number of aliphatic carboxylic acids is 1. The van der Waals surface area contributed by atoms with Gasteiger partial charge in [-0.15, -0.1) is 11.3 Å². The van der Waals surface area contributed by atoms with Crippen LogP contribution in [0.25, 0.3) is 0 Å². The maximum absolute atomic E-state index is 10.8. The first-order valence-corrected chi connectivity index (χ1v) is 8.27. The first kappa shape index (κ1) is 18.4. The molecule has 5 nitrogen and oxygen atoms in total. The maximum Gasteiger partial charge on any atom is 0.308 e. The SMILES string of the molecule is Cc1nc(SC(C)(C)C(O)OC(C)(C)C)sc1CC(=O)O. The van der Waals surface area contributed by atoms with Crippen molar-refractivity contribution in [2.45, 2.75) is 68.9 Å². The second-order valence-corrected chi connectivity index (χ2v) is 9.33. The average Bonchev–Trinajstić information content (AvgIpc) is 2.54. The molecule has 0 spiro atoms. The molecule has 120 valence electrons. The Labute approximate surface area is 133 Å². The normalized spacial score (nSPS) is 14.2. The number of hydrogen-bond donors (Lipinski definition) is 2. The minimum Gasteiger partial charge on any atom is -0.481 e. The number of aliphatic hydroxyl groups excluding tert-OH is 1. The van der Waals surface area contributed by atoms with Crippen molar-refractivity contribution >= 4 is 29.1 Å². The van der Waals surface area contributed by atoms with Gasteiger partial charge in [-0.3, -0.25) is 4.79 Å². The molecule has 0 bridgehead atoms. The molecule has 1 aromatic rings. The van der Waals surface area contributed by atoms with E-state index in [1.807, 2.05) is 34.6 Å². The Morgan fingerprint density at radius 3 is 2.43 bits per heavy atom. The summed E-state index contributed by atoms with van der Waals surface area (Å²) in [5.74, 6) is -0.867. The molecule has 1 atom stereocenters. The van der Waals surface area contributed by atoms with Crippen molar-refractivity contribution in [1.29, 1.82) is 0 Å². The van der Waals surface area contributed by atoms with E-state index in [0.717, 1.165) is 14.9 Å². The predicted octanol–water partition coefficient (Wildman–Crippen LogP) is 3.08. The number of ether oxygens (including phenoxy) is 1. The van der Waals surface area contributed by atoms with E-state index in [4.69, 9.17) is 9.84 Å². The van der Waals surface area contributed by atoms with Crippen LogP contribution in [0.15, 0.2) is 4.34 Å². The largest absolute Gasteiger partial charge is 0.481 e. The van der Waals surface area contributed by atoms with E-state index >= 15 is 0 Å². The van der Waals surface area contributed by atoms with Gasteiger partial charge in [0, 0.05) is 4.88 Å². The molecule has 1 heterocycles. The highest BCUT2D eigenvalue weighted by atomic mass is 32.2. The Hall–Kier alpha value is -0.630. The third-order valence-corrected chi connectivity index (χ3v) is 5.04. The molecule has 0 aliphatic heterocycles. The Balaban J connectivity index is 2.81. The van der Waals surface area contributed by atoms with Crippen LogP contribution in [-0.2, 0) is 16.0 Å². The van der Waals surface area contributed by atoms with Gasteiger partial charge < -0.3 is 14.9 Å². The second kappa shape index (κ2) is 6.64. The minimum absolute atomic E-state index is 0.0223. The molecule has 1 unspecified atom stereocenters. The van der Waals surface area contributed by atoms with Gasteiger partial charge in [0.25, 0.3) is 0 Å². The van der Waals surface area contributed by atoms with Gasteiger partial charge in [-0.1, -0.05) is 11.8 Å². The van der Waals surface area contributed by atoms with Gasteiger partial charge in [-0.05, 0) is 41.5 Å². The number of nitrogens with zero attached hydrogens (tertiary/aromatic N) is 1. The third kappa shape index (κ3) is 5.94. The number of carbonyl (C=O) groups is 1. The number of aromatic nitrogens is 1. The lowest BCUT2D eigenvalue weighted by Crippen LogP contribution is -2.40. The monoisotopic (exact) mass is 333 g/mol. The molecule has 0 amide bonds. The minimum atomic E-state index is -0.949. The Morgan fingerprint density at radius 1 is 1.38 bits per heavy atom. The topological polar surface area (TPSA) is 79.7 Å². The highest BCUT2D eigenvalue weighted by Crippen LogP contribution is 2.39. The predicted molar refractivity (Wildman–Crippen MR) is 85.0 cm³/mol. The molecule has 0 saturated heterocycles. The maximum atomic E-state index is 10.8. The van der Waals surface area contributed by atoms with Gasteiger partial charge in [0.2, 0.25) is 0 Å². The summed E-state index contributed by atoms with van der Waals surface area (Å²) in [6.45, 7) is 11.2. The van der Waals surface area contributed by atoms with Crippen molar-refractivity contribution in [2.24, 2.45) is 0 Å². The molecule has 0 aliphatic carbocycles. The van der Waals surface area contributed by atoms with Gasteiger partial charge in [0.05, 0.1) is 22.5 Å². The van der Waals surface area contributed by atoms with E-state index in [-0.39, 0.29) is 6.42 Å². The molecular weight excluding hydrogens is 310 g/mol. The fourth-order valence-electron chi connectivity index (χ4n) is 1.50. The van der Waals surface area contributed by atoms with Crippen LogP contribution in [0.1, 0.15) is 45.2 Å². The van der Waals surface area contributed by atoms with Crippen LogP contribution >= 0.6 is 23.1 Å². The molecule has 0 aromatic carbocycles. The average molecular weight is 333 g/mol. The number of carboxylic acids is 1. The zero-order valence-corrected chi connectivity index (χ0v) is 14.9. The summed E-state index contributed by atoms with van der Waals surface area (Å²) < 4.78 is 5.75. The van der Waals surface area contributed by atoms with Gasteiger partial charge in [-0.25, -0.2) is 4.98 Å². The van der Waals surface area contributed by atoms with Crippen molar-refractivity contribution in [3.63, 3.8) is 0 Å². The number of aliphatic hydroxyl groups is 1. The fourth-order valence-corrected chi connectivity index (χ4v) is 4.18. The van der Waals surface area contributed by atoms with Crippen LogP contribution in [0.2, 0.25) is 0 Å². The summed E-state index contributed by atoms with van der Waals surface area (Å²) >= 11 is 2.75. The van der Waals surface area contributed by atoms with Gasteiger partial charge >= 0.3 is 5.97 Å². The van der Waals surface area contributed by atoms with Gasteiger partial charge in [0.1, 0.15) is 0 Å². The number of rotatable bonds is 6. The number of thiazole rings is 1. The molecule has 2 N–H and O–H groups in total. The smallest absolute Gasteiger partial charge is 0.308 e. The number of carboxylic acid groups (broad SMARTS) is 1. The molecule has 0 aliphatic rings. The molecule has 21 heavy (non-hydrogen) atoms. The van der Waals surface area contributed by atoms with Crippen LogP contribution in [0.5, 0.6) is 0 Å². The highest BCUT2D eigenvalue weighted by molar-refractivity contribution is 8.02. The van der Waals surface area contributed by atoms with E-state index in [0.29, 0.717) is 0 Å². The van der Waals surface area contributed by atoms with Crippen molar-refractivity contribution in [3.05, 3.63) is 10.6 Å². The summed E-state index contributed by atoms with van der Waals surface area (Å²) in [4.78, 5) is 15.9. The highest BCUT2D eigenvalue weighted by Gasteiger charge is 2.34. The molecule has 7 heteroatoms. The lowest BCUT2D eigenvalue weighted by molar-refractivity contribution is -0.177. The lowest BCUT2D eigenvalue weighted by Gasteiger charge is -2.33. The number of aryl methyl sites for hydroxylation is 1. The van der Waals surface area contributed by atoms with Gasteiger partial charge in [0.15, 0.2) is 10.6 Å². The van der Waals surface area contributed by atoms with Crippen LogP contribution < -0.4 is 0 Å². The summed E-state index contributed by atoms with van der Waals surface area (Å²) in [6.07, 6.45) is -0.972. The van der Waals surface area contributed by atoms with Crippen LogP contribution in [-0.4, -0.2) is 37.8 Å². The zero-order chi connectivity index (χ0) is 16.4. The molecular formula is C14H23NO4S2. The van der Waals surface area contributed by atoms with Crippen LogP contribution in [0.4, 0.5) is 0 Å². The second-order valence-electron chi connectivity index (χ2n) is 6.35. The molecule has 0 fully saturated rings. The van der Waals surface area contributed by atoms with E-state index in [1.165, 1.54) is 23.1 Å². The third-order valence-electron chi connectivity index (χ3n) is 2.60. The summed E-state index contributed by atoms with van der Waals surface area (Å²) in [5.41, 5.74) is 0.289.